The van der Waals surface area contributed by atoms with Crippen LogP contribution in [0.5, 0.6) is 0 Å². The quantitative estimate of drug-likeness (QED) is 0.477. The normalized spacial score (nSPS) is 18.1. The van der Waals surface area contributed by atoms with Gasteiger partial charge in [0, 0.05) is 27.0 Å². The van der Waals surface area contributed by atoms with Gasteiger partial charge in [-0.2, -0.15) is 10.2 Å². The van der Waals surface area contributed by atoms with Crippen LogP contribution in [0.4, 0.5) is 0 Å². The van der Waals surface area contributed by atoms with Crippen LogP contribution in [-0.4, -0.2) is 21.7 Å². The highest BCUT2D eigenvalue weighted by Crippen LogP contribution is 2.46. The number of hydrogen-bond donors (Lipinski definition) is 1. The second-order valence-corrected chi connectivity index (χ2v) is 8.84. The molecule has 4 rings (SSSR count). The molecule has 0 amide bonds. The number of nitrogens with zero attached hydrogens (tertiary/aromatic N) is 2. The summed E-state index contributed by atoms with van der Waals surface area (Å²) in [5.41, 5.74) is 5.65. The molecule has 0 saturated heterocycles. The predicted octanol–water partition coefficient (Wildman–Crippen LogP) is 5.57. The Labute approximate surface area is 152 Å². The van der Waals surface area contributed by atoms with E-state index in [1.54, 1.807) is 0 Å². The molecule has 0 unspecified atom stereocenters. The van der Waals surface area contributed by atoms with Crippen LogP contribution in [0.2, 0.25) is 0 Å². The lowest BCUT2D eigenvalue weighted by Gasteiger charge is -2.29. The highest BCUT2D eigenvalue weighted by molar-refractivity contribution is 8.01. The minimum atomic E-state index is 0.104. The SMILES string of the molecule is Cc1ccc2[nH]c3c(c2c1)SC(C)(C)CC3=NN=Cc1ccccc1. The molecule has 0 spiro atoms. The van der Waals surface area contributed by atoms with Crippen LogP contribution in [0.3, 0.4) is 0 Å². The molecule has 3 nitrogen and oxygen atoms in total. The average molecular weight is 347 g/mol. The molecule has 1 N–H and O–H groups in total. The lowest BCUT2D eigenvalue weighted by atomic mass is 10.0. The van der Waals surface area contributed by atoms with E-state index in [4.69, 9.17) is 0 Å². The number of nitrogens with one attached hydrogen (secondary N) is 1. The summed E-state index contributed by atoms with van der Waals surface area (Å²) >= 11 is 1.93. The average Bonchev–Trinajstić information content (AvgIpc) is 2.93. The number of H-pyrrole nitrogens is 1. The van der Waals surface area contributed by atoms with E-state index in [9.17, 15) is 0 Å². The third-order valence-electron chi connectivity index (χ3n) is 4.35. The van der Waals surface area contributed by atoms with E-state index in [-0.39, 0.29) is 4.75 Å². The van der Waals surface area contributed by atoms with Crippen LogP contribution in [0.1, 0.15) is 37.1 Å². The van der Waals surface area contributed by atoms with Gasteiger partial charge in [0.15, 0.2) is 0 Å². The Balaban J connectivity index is 1.78. The summed E-state index contributed by atoms with van der Waals surface area (Å²) in [6, 6.07) is 16.6. The van der Waals surface area contributed by atoms with Crippen molar-refractivity contribution >= 4 is 34.6 Å². The van der Waals surface area contributed by atoms with E-state index in [1.807, 2.05) is 48.3 Å². The highest BCUT2D eigenvalue weighted by Gasteiger charge is 2.33. The summed E-state index contributed by atoms with van der Waals surface area (Å²) in [6.07, 6.45) is 2.71. The molecule has 0 saturated carbocycles. The van der Waals surface area contributed by atoms with Gasteiger partial charge >= 0.3 is 0 Å². The number of hydrogen-bond acceptors (Lipinski definition) is 3. The van der Waals surface area contributed by atoms with E-state index in [1.165, 1.54) is 21.4 Å². The molecule has 0 aliphatic carbocycles. The number of aryl methyl sites for hydroxylation is 1. The number of aromatic nitrogens is 1. The summed E-state index contributed by atoms with van der Waals surface area (Å²) in [6.45, 7) is 6.67. The van der Waals surface area contributed by atoms with Crippen molar-refractivity contribution in [1.29, 1.82) is 0 Å². The predicted molar refractivity (Wildman–Crippen MR) is 108 cm³/mol. The lowest BCUT2D eigenvalue weighted by molar-refractivity contribution is 0.737. The van der Waals surface area contributed by atoms with Crippen LogP contribution < -0.4 is 0 Å². The number of rotatable bonds is 2. The van der Waals surface area contributed by atoms with Crippen molar-refractivity contribution in [3.8, 4) is 0 Å². The van der Waals surface area contributed by atoms with Crippen molar-refractivity contribution in [1.82, 2.24) is 4.98 Å². The maximum atomic E-state index is 4.57. The first-order valence-electron chi connectivity index (χ1n) is 8.48. The molecule has 3 aromatic rings. The molecule has 0 fully saturated rings. The Kier molecular flexibility index (Phi) is 4.00. The molecule has 1 aromatic heterocycles. The van der Waals surface area contributed by atoms with Crippen LogP contribution >= 0.6 is 11.8 Å². The Morgan fingerprint density at radius 3 is 2.72 bits per heavy atom. The monoisotopic (exact) mass is 347 g/mol. The molecular weight excluding hydrogens is 326 g/mol. The van der Waals surface area contributed by atoms with E-state index in [2.05, 4.69) is 54.2 Å². The third-order valence-corrected chi connectivity index (χ3v) is 5.68. The fourth-order valence-corrected chi connectivity index (χ4v) is 4.50. The second kappa shape index (κ2) is 6.19. The molecule has 25 heavy (non-hydrogen) atoms. The molecule has 0 atom stereocenters. The molecule has 4 heteroatoms. The maximum absolute atomic E-state index is 4.57. The summed E-state index contributed by atoms with van der Waals surface area (Å²) < 4.78 is 0.104. The van der Waals surface area contributed by atoms with Crippen molar-refractivity contribution in [2.24, 2.45) is 10.2 Å². The third kappa shape index (κ3) is 3.27. The van der Waals surface area contributed by atoms with Crippen LogP contribution in [0.15, 0.2) is 63.6 Å². The lowest BCUT2D eigenvalue weighted by Crippen LogP contribution is -2.25. The first-order valence-corrected chi connectivity index (χ1v) is 9.30. The van der Waals surface area contributed by atoms with Crippen molar-refractivity contribution in [3.05, 3.63) is 65.4 Å². The summed E-state index contributed by atoms with van der Waals surface area (Å²) in [7, 11) is 0. The summed E-state index contributed by atoms with van der Waals surface area (Å²) in [5, 5.41) is 10.2. The van der Waals surface area contributed by atoms with E-state index < -0.39 is 0 Å². The smallest absolute Gasteiger partial charge is 0.0890 e. The van der Waals surface area contributed by atoms with Gasteiger partial charge in [0.25, 0.3) is 0 Å². The number of fused-ring (bicyclic) bond motifs is 3. The zero-order valence-corrected chi connectivity index (χ0v) is 15.5. The zero-order valence-electron chi connectivity index (χ0n) is 14.7. The van der Waals surface area contributed by atoms with Gasteiger partial charge in [0.1, 0.15) is 0 Å². The second-order valence-electron chi connectivity index (χ2n) is 7.12. The fourth-order valence-electron chi connectivity index (χ4n) is 3.18. The van der Waals surface area contributed by atoms with Crippen molar-refractivity contribution in [3.63, 3.8) is 0 Å². The largest absolute Gasteiger partial charge is 0.353 e. The Bertz CT molecular complexity index is 981. The topological polar surface area (TPSA) is 40.5 Å². The van der Waals surface area contributed by atoms with Gasteiger partial charge < -0.3 is 4.98 Å². The number of benzene rings is 2. The highest BCUT2D eigenvalue weighted by atomic mass is 32.2. The van der Waals surface area contributed by atoms with Crippen molar-refractivity contribution in [2.45, 2.75) is 36.8 Å². The zero-order chi connectivity index (χ0) is 17.4. The Morgan fingerprint density at radius 2 is 1.92 bits per heavy atom. The number of thioether (sulfide) groups is 1. The molecule has 2 heterocycles. The van der Waals surface area contributed by atoms with Gasteiger partial charge in [0.2, 0.25) is 0 Å². The first-order chi connectivity index (χ1) is 12.0. The molecule has 2 aromatic carbocycles. The molecule has 1 aliphatic heterocycles. The van der Waals surface area contributed by atoms with E-state index in [0.717, 1.165) is 23.4 Å². The van der Waals surface area contributed by atoms with Crippen LogP contribution in [0.25, 0.3) is 10.9 Å². The van der Waals surface area contributed by atoms with Crippen molar-refractivity contribution < 1.29 is 0 Å². The van der Waals surface area contributed by atoms with Gasteiger partial charge in [-0.05, 0) is 38.5 Å². The maximum Gasteiger partial charge on any atom is 0.0890 e. The molecule has 0 bridgehead atoms. The fraction of sp³-hybridized carbons (Fsp3) is 0.238. The molecule has 1 aliphatic rings. The standard InChI is InChI=1S/C21H21N3S/c1-14-9-10-17-16(11-14)20-19(23-17)18(12-21(2,3)25-20)24-22-13-15-7-5-4-6-8-15/h4-11,13,23H,12H2,1-3H3. The Hall–Kier alpha value is -2.33. The van der Waals surface area contributed by atoms with Gasteiger partial charge in [-0.1, -0.05) is 42.0 Å². The van der Waals surface area contributed by atoms with Crippen LogP contribution in [-0.2, 0) is 0 Å². The summed E-state index contributed by atoms with van der Waals surface area (Å²) in [4.78, 5) is 4.85. The van der Waals surface area contributed by atoms with Gasteiger partial charge in [-0.3, -0.25) is 0 Å². The van der Waals surface area contributed by atoms with E-state index >= 15 is 0 Å². The van der Waals surface area contributed by atoms with Crippen LogP contribution in [0, 0.1) is 6.92 Å². The minimum absolute atomic E-state index is 0.104. The molecule has 0 radical (unpaired) electrons. The van der Waals surface area contributed by atoms with Gasteiger partial charge in [0.05, 0.1) is 17.6 Å². The summed E-state index contributed by atoms with van der Waals surface area (Å²) in [5.74, 6) is 0. The van der Waals surface area contributed by atoms with E-state index in [0.29, 0.717) is 0 Å². The Morgan fingerprint density at radius 1 is 1.12 bits per heavy atom. The first kappa shape index (κ1) is 16.2. The number of aromatic amines is 1. The minimum Gasteiger partial charge on any atom is -0.353 e. The molecule has 126 valence electrons. The van der Waals surface area contributed by atoms with Crippen molar-refractivity contribution in [2.75, 3.05) is 0 Å². The van der Waals surface area contributed by atoms with Gasteiger partial charge in [-0.25, -0.2) is 0 Å². The molecular formula is C21H21N3S. The van der Waals surface area contributed by atoms with Gasteiger partial charge in [-0.15, -0.1) is 11.8 Å².